The zero-order valence-electron chi connectivity index (χ0n) is 16.4. The Bertz CT molecular complexity index is 858. The summed E-state index contributed by atoms with van der Waals surface area (Å²) in [5.74, 6) is -3.10. The van der Waals surface area contributed by atoms with Crippen LogP contribution in [0.2, 0.25) is 0 Å². The van der Waals surface area contributed by atoms with Crippen molar-refractivity contribution in [3.8, 4) is 0 Å². The van der Waals surface area contributed by atoms with Gasteiger partial charge in [0.2, 0.25) is 5.91 Å². The highest BCUT2D eigenvalue weighted by Crippen LogP contribution is 2.30. The summed E-state index contributed by atoms with van der Waals surface area (Å²) < 4.78 is 5.01. The average Bonchev–Trinajstić information content (AvgIpc) is 3.39. The number of carbonyl (C=O) groups is 5. The van der Waals surface area contributed by atoms with Gasteiger partial charge in [-0.3, -0.25) is 19.3 Å². The van der Waals surface area contributed by atoms with Crippen molar-refractivity contribution >= 4 is 46.1 Å². The van der Waals surface area contributed by atoms with Gasteiger partial charge in [-0.2, -0.15) is 0 Å². The first-order valence-electron chi connectivity index (χ1n) is 9.66. The van der Waals surface area contributed by atoms with Crippen LogP contribution >= 0.6 is 11.3 Å². The summed E-state index contributed by atoms with van der Waals surface area (Å²) in [4.78, 5) is 64.2. The molecule has 1 saturated carbocycles. The van der Waals surface area contributed by atoms with E-state index in [0.717, 1.165) is 22.6 Å². The molecule has 1 aromatic heterocycles. The van der Waals surface area contributed by atoms with Gasteiger partial charge in [0.1, 0.15) is 11.5 Å². The lowest BCUT2D eigenvalue weighted by molar-refractivity contribution is -0.144. The molecule has 2 heterocycles. The minimum absolute atomic E-state index is 0.194. The summed E-state index contributed by atoms with van der Waals surface area (Å²) in [7, 11) is 0. The third-order valence-corrected chi connectivity index (χ3v) is 6.15. The average molecular weight is 421 g/mol. The van der Waals surface area contributed by atoms with Crippen molar-refractivity contribution in [3.05, 3.63) is 16.5 Å². The topological polar surface area (TPSA) is 113 Å². The maximum atomic E-state index is 12.6. The number of imide groups is 2. The predicted octanol–water partition coefficient (Wildman–Crippen LogP) is 2.16. The third kappa shape index (κ3) is 4.16. The smallest absolute Gasteiger partial charge is 0.341 e. The van der Waals surface area contributed by atoms with Crippen molar-refractivity contribution < 1.29 is 28.7 Å². The summed E-state index contributed by atoms with van der Waals surface area (Å²) in [6.45, 7) is 3.20. The number of thiophene rings is 1. The van der Waals surface area contributed by atoms with Crippen LogP contribution in [0.15, 0.2) is 6.07 Å². The van der Waals surface area contributed by atoms with Crippen molar-refractivity contribution in [2.45, 2.75) is 52.0 Å². The molecule has 1 aromatic rings. The van der Waals surface area contributed by atoms with Gasteiger partial charge in [0.05, 0.1) is 12.2 Å². The lowest BCUT2D eigenvalue weighted by atomic mass is 10.2. The van der Waals surface area contributed by atoms with Crippen LogP contribution in [0.4, 0.5) is 9.80 Å². The highest BCUT2D eigenvalue weighted by Gasteiger charge is 2.48. The van der Waals surface area contributed by atoms with E-state index in [4.69, 9.17) is 4.74 Å². The molecular weight excluding hydrogens is 398 g/mol. The molecule has 0 bridgehead atoms. The van der Waals surface area contributed by atoms with Crippen LogP contribution in [0.5, 0.6) is 0 Å². The second-order valence-electron chi connectivity index (χ2n) is 6.87. The number of carbonyl (C=O) groups excluding carboxylic acids is 5. The van der Waals surface area contributed by atoms with Crippen molar-refractivity contribution in [1.29, 1.82) is 0 Å². The Morgan fingerprint density at radius 2 is 1.86 bits per heavy atom. The minimum Gasteiger partial charge on any atom is -0.462 e. The molecule has 0 aromatic carbocycles. The van der Waals surface area contributed by atoms with Gasteiger partial charge < -0.3 is 10.1 Å². The van der Waals surface area contributed by atoms with E-state index >= 15 is 0 Å². The fraction of sp³-hybridized carbons (Fsp3) is 0.526. The van der Waals surface area contributed by atoms with Crippen molar-refractivity contribution in [3.63, 3.8) is 0 Å². The molecule has 1 aliphatic carbocycles. The first kappa shape index (κ1) is 21.0. The van der Waals surface area contributed by atoms with Gasteiger partial charge in [-0.05, 0) is 32.3 Å². The quantitative estimate of drug-likeness (QED) is 0.410. The number of urea groups is 1. The summed E-state index contributed by atoms with van der Waals surface area (Å²) in [6, 6.07) is 0.607. The van der Waals surface area contributed by atoms with Crippen molar-refractivity contribution in [2.75, 3.05) is 18.5 Å². The SMILES string of the molecule is CCOC(=O)c1cc(CC)sc1NC(=O)CN1C(=O)C(=O)N(C2CCCC2)C1=O. The molecular formula is C19H23N3O6S. The Labute approximate surface area is 172 Å². The molecule has 10 heteroatoms. The highest BCUT2D eigenvalue weighted by molar-refractivity contribution is 7.16. The van der Waals surface area contributed by atoms with E-state index in [1.54, 1.807) is 13.0 Å². The molecule has 156 valence electrons. The summed E-state index contributed by atoms with van der Waals surface area (Å²) >= 11 is 1.22. The van der Waals surface area contributed by atoms with Gasteiger partial charge in [-0.1, -0.05) is 19.8 Å². The second kappa shape index (κ2) is 8.73. The fourth-order valence-corrected chi connectivity index (χ4v) is 4.53. The van der Waals surface area contributed by atoms with Crippen LogP contribution in [0.3, 0.4) is 0 Å². The monoisotopic (exact) mass is 421 g/mol. The molecule has 0 unspecified atom stereocenters. The lowest BCUT2D eigenvalue weighted by Crippen LogP contribution is -2.41. The van der Waals surface area contributed by atoms with Crippen molar-refractivity contribution in [2.24, 2.45) is 0 Å². The van der Waals surface area contributed by atoms with Gasteiger partial charge in [-0.25, -0.2) is 14.5 Å². The molecule has 0 radical (unpaired) electrons. The zero-order valence-corrected chi connectivity index (χ0v) is 17.2. The van der Waals surface area contributed by atoms with E-state index in [-0.39, 0.29) is 18.2 Å². The normalized spacial score (nSPS) is 17.4. The Hall–Kier alpha value is -2.75. The number of amides is 5. The number of anilines is 1. The van der Waals surface area contributed by atoms with Crippen LogP contribution < -0.4 is 5.32 Å². The van der Waals surface area contributed by atoms with E-state index < -0.39 is 36.3 Å². The predicted molar refractivity (Wildman–Crippen MR) is 104 cm³/mol. The maximum absolute atomic E-state index is 12.6. The Kier molecular flexibility index (Phi) is 6.31. The van der Waals surface area contributed by atoms with Crippen LogP contribution in [-0.2, 0) is 25.5 Å². The number of hydrogen-bond donors (Lipinski definition) is 1. The molecule has 1 N–H and O–H groups in total. The van der Waals surface area contributed by atoms with Gasteiger partial charge in [0, 0.05) is 10.9 Å². The molecule has 0 atom stereocenters. The molecule has 1 saturated heterocycles. The largest absolute Gasteiger partial charge is 0.462 e. The molecule has 1 aliphatic heterocycles. The molecule has 2 fully saturated rings. The van der Waals surface area contributed by atoms with Crippen LogP contribution in [0.25, 0.3) is 0 Å². The van der Waals surface area contributed by atoms with E-state index in [1.807, 2.05) is 6.92 Å². The number of esters is 1. The molecule has 2 aliphatic rings. The molecule has 29 heavy (non-hydrogen) atoms. The first-order chi connectivity index (χ1) is 13.9. The van der Waals surface area contributed by atoms with Crippen LogP contribution in [0, 0.1) is 0 Å². The number of hydrogen-bond acceptors (Lipinski definition) is 7. The van der Waals surface area contributed by atoms with E-state index in [9.17, 15) is 24.0 Å². The summed E-state index contributed by atoms with van der Waals surface area (Å²) in [5, 5.41) is 2.87. The van der Waals surface area contributed by atoms with E-state index in [0.29, 0.717) is 29.2 Å². The Balaban J connectivity index is 1.71. The van der Waals surface area contributed by atoms with Gasteiger partial charge in [0.25, 0.3) is 0 Å². The summed E-state index contributed by atoms with van der Waals surface area (Å²) in [5.41, 5.74) is 0.227. The minimum atomic E-state index is -0.997. The van der Waals surface area contributed by atoms with Gasteiger partial charge in [0.15, 0.2) is 0 Å². The number of nitrogens with zero attached hydrogens (tertiary/aromatic N) is 2. The Morgan fingerprint density at radius 1 is 1.17 bits per heavy atom. The number of rotatable bonds is 7. The number of nitrogens with one attached hydrogen (secondary N) is 1. The maximum Gasteiger partial charge on any atom is 0.341 e. The molecule has 3 rings (SSSR count). The number of ether oxygens (including phenoxy) is 1. The summed E-state index contributed by atoms with van der Waals surface area (Å²) in [6.07, 6.45) is 3.79. The Morgan fingerprint density at radius 3 is 2.48 bits per heavy atom. The standard InChI is InChI=1S/C19H23N3O6S/c1-3-12-9-13(18(26)28-4-2)15(29-12)20-14(23)10-21-16(24)17(25)22(19(21)27)11-7-5-6-8-11/h9,11H,3-8,10H2,1-2H3,(H,20,23). The zero-order chi connectivity index (χ0) is 21.1. The first-order valence-corrected chi connectivity index (χ1v) is 10.5. The van der Waals surface area contributed by atoms with Gasteiger partial charge >= 0.3 is 23.8 Å². The molecule has 0 spiro atoms. The molecule has 5 amide bonds. The van der Waals surface area contributed by atoms with E-state index in [1.165, 1.54) is 11.3 Å². The highest BCUT2D eigenvalue weighted by atomic mass is 32.1. The van der Waals surface area contributed by atoms with E-state index in [2.05, 4.69) is 5.32 Å². The third-order valence-electron chi connectivity index (χ3n) is 4.96. The van der Waals surface area contributed by atoms with Crippen LogP contribution in [-0.4, -0.2) is 58.7 Å². The number of aryl methyl sites for hydroxylation is 1. The molecule has 9 nitrogen and oxygen atoms in total. The van der Waals surface area contributed by atoms with Crippen LogP contribution in [0.1, 0.15) is 54.8 Å². The van der Waals surface area contributed by atoms with Gasteiger partial charge in [-0.15, -0.1) is 11.3 Å². The fourth-order valence-electron chi connectivity index (χ4n) is 3.53. The second-order valence-corrected chi connectivity index (χ2v) is 8.00. The lowest BCUT2D eigenvalue weighted by Gasteiger charge is -2.20. The van der Waals surface area contributed by atoms with Crippen molar-refractivity contribution in [1.82, 2.24) is 9.80 Å².